The van der Waals surface area contributed by atoms with Crippen molar-refractivity contribution in [1.29, 1.82) is 0 Å². The molecule has 0 N–H and O–H groups in total. The van der Waals surface area contributed by atoms with Gasteiger partial charge in [0.15, 0.2) is 0 Å². The minimum atomic E-state index is 1.25. The highest BCUT2D eigenvalue weighted by Gasteiger charge is 2.13. The molecule has 0 atom stereocenters. The minimum Gasteiger partial charge on any atom is -0.473 e. The average molecular weight is 401 g/mol. The topological polar surface area (TPSA) is 13.1 Å². The zero-order chi connectivity index (χ0) is 21.0. The normalized spacial score (nSPS) is 12.5. The Morgan fingerprint density at radius 2 is 1.33 bits per heavy atom. The number of benzene rings is 3. The first-order valence-electron chi connectivity index (χ1n) is 11.7. The molecular formula is C29H36O. The highest BCUT2D eigenvalue weighted by atomic mass is 16.3. The Morgan fingerprint density at radius 1 is 0.633 bits per heavy atom. The third kappa shape index (κ3) is 5.98. The monoisotopic (exact) mass is 400 g/mol. The van der Waals surface area contributed by atoms with Crippen LogP contribution in [0, 0.1) is 0 Å². The van der Waals surface area contributed by atoms with E-state index in [2.05, 4.69) is 66.8 Å². The van der Waals surface area contributed by atoms with Crippen molar-refractivity contribution in [2.24, 2.45) is 0 Å². The van der Waals surface area contributed by atoms with Gasteiger partial charge in [-0.15, -0.1) is 0 Å². The summed E-state index contributed by atoms with van der Waals surface area (Å²) in [4.78, 5) is 0. The summed E-state index contributed by atoms with van der Waals surface area (Å²) >= 11 is 0. The van der Waals surface area contributed by atoms with Gasteiger partial charge in [-0.05, 0) is 70.5 Å². The summed E-state index contributed by atoms with van der Waals surface area (Å²) in [6, 6.07) is 21.6. The highest BCUT2D eigenvalue weighted by Crippen LogP contribution is 2.33. The van der Waals surface area contributed by atoms with Crippen molar-refractivity contribution in [3.8, 4) is 0 Å². The molecule has 4 aromatic rings. The molecule has 0 saturated heterocycles. The van der Waals surface area contributed by atoms with E-state index in [4.69, 9.17) is 0 Å². The molecular weight excluding hydrogens is 364 g/mol. The summed E-state index contributed by atoms with van der Waals surface area (Å²) in [7, 11) is 0. The van der Waals surface area contributed by atoms with Crippen molar-refractivity contribution in [2.75, 3.05) is 0 Å². The summed E-state index contributed by atoms with van der Waals surface area (Å²) in [6.45, 7) is 4.49. The molecule has 3 aromatic carbocycles. The summed E-state index contributed by atoms with van der Waals surface area (Å²) < 4.78 is 4.58. The lowest BCUT2D eigenvalue weighted by Gasteiger charge is -2.18. The van der Waals surface area contributed by atoms with E-state index in [9.17, 15) is 0 Å². The molecule has 0 unspecified atom stereocenters. The minimum absolute atomic E-state index is 1.25. The third-order valence-corrected chi connectivity index (χ3v) is 5.89. The van der Waals surface area contributed by atoms with Crippen LogP contribution >= 0.6 is 0 Å². The standard InChI is InChI=1S/C18H16.C7H16.C4H4O/c1-3-7-15-13(5-1)9-11-18-16-8-4-2-6-14(16)10-12-17(15)18;1-3-5-7-6-4-2;1-2-4-5-3-1/h1,3,5,7,9-12H,2,4,6,8H2;3-7H2,1-2H3;1-4H. The van der Waals surface area contributed by atoms with Gasteiger partial charge in [0.25, 0.3) is 0 Å². The van der Waals surface area contributed by atoms with Crippen molar-refractivity contribution in [2.45, 2.75) is 71.6 Å². The van der Waals surface area contributed by atoms with E-state index in [1.807, 2.05) is 12.1 Å². The molecule has 1 aliphatic carbocycles. The molecule has 158 valence electrons. The lowest BCUT2D eigenvalue weighted by Crippen LogP contribution is -2.02. The number of furan rings is 1. The molecule has 1 heterocycles. The summed E-state index contributed by atoms with van der Waals surface area (Å²) in [5.41, 5.74) is 3.17. The molecule has 0 aliphatic heterocycles. The molecule has 1 aliphatic rings. The van der Waals surface area contributed by atoms with Gasteiger partial charge in [0, 0.05) is 0 Å². The molecule has 1 heteroatoms. The van der Waals surface area contributed by atoms with Crippen LogP contribution in [0.4, 0.5) is 0 Å². The van der Waals surface area contributed by atoms with Gasteiger partial charge in [0.05, 0.1) is 12.5 Å². The average Bonchev–Trinajstić information content (AvgIpc) is 3.40. The Kier molecular flexibility index (Phi) is 9.03. The van der Waals surface area contributed by atoms with Crippen LogP contribution in [-0.2, 0) is 12.8 Å². The van der Waals surface area contributed by atoms with E-state index in [0.29, 0.717) is 0 Å². The van der Waals surface area contributed by atoms with Gasteiger partial charge in [-0.2, -0.15) is 0 Å². The van der Waals surface area contributed by atoms with Crippen LogP contribution in [0.3, 0.4) is 0 Å². The highest BCUT2D eigenvalue weighted by molar-refractivity contribution is 6.08. The van der Waals surface area contributed by atoms with Gasteiger partial charge in [0.2, 0.25) is 0 Å². The van der Waals surface area contributed by atoms with Crippen LogP contribution in [-0.4, -0.2) is 0 Å². The van der Waals surface area contributed by atoms with E-state index in [0.717, 1.165) is 0 Å². The maximum absolute atomic E-state index is 4.58. The quantitative estimate of drug-likeness (QED) is 0.246. The number of rotatable bonds is 4. The summed E-state index contributed by atoms with van der Waals surface area (Å²) in [6.07, 6.45) is 15.5. The van der Waals surface area contributed by atoms with Gasteiger partial charge in [-0.25, -0.2) is 0 Å². The van der Waals surface area contributed by atoms with E-state index in [-0.39, 0.29) is 0 Å². The van der Waals surface area contributed by atoms with Crippen molar-refractivity contribution in [3.63, 3.8) is 0 Å². The van der Waals surface area contributed by atoms with Crippen LogP contribution in [0.5, 0.6) is 0 Å². The molecule has 0 spiro atoms. The zero-order valence-electron chi connectivity index (χ0n) is 18.7. The van der Waals surface area contributed by atoms with E-state index in [1.165, 1.54) is 79.3 Å². The predicted octanol–water partition coefficient (Wildman–Crippen LogP) is 9.13. The van der Waals surface area contributed by atoms with Gasteiger partial charge < -0.3 is 4.42 Å². The fourth-order valence-corrected chi connectivity index (χ4v) is 4.25. The predicted molar refractivity (Wildman–Crippen MR) is 131 cm³/mol. The Bertz CT molecular complexity index is 976. The largest absolute Gasteiger partial charge is 0.473 e. The maximum Gasteiger partial charge on any atom is 0.0902 e. The SMILES string of the molecule is CCCCCCC.c1ccc2c(c1)ccc1c3c(ccc12)CCCC3.c1ccoc1. The Hall–Kier alpha value is -2.54. The molecule has 1 aromatic heterocycles. The zero-order valence-corrected chi connectivity index (χ0v) is 18.7. The summed E-state index contributed by atoms with van der Waals surface area (Å²) in [5, 5.41) is 5.64. The molecule has 0 radical (unpaired) electrons. The van der Waals surface area contributed by atoms with Crippen molar-refractivity contribution in [1.82, 2.24) is 0 Å². The van der Waals surface area contributed by atoms with Gasteiger partial charge in [-0.1, -0.05) is 94.5 Å². The van der Waals surface area contributed by atoms with E-state index < -0.39 is 0 Å². The number of aryl methyl sites for hydroxylation is 2. The lowest BCUT2D eigenvalue weighted by molar-refractivity contribution is 0.567. The van der Waals surface area contributed by atoms with Gasteiger partial charge in [0.1, 0.15) is 0 Å². The Labute approximate surface area is 182 Å². The molecule has 5 rings (SSSR count). The van der Waals surface area contributed by atoms with Crippen LogP contribution in [0.2, 0.25) is 0 Å². The third-order valence-electron chi connectivity index (χ3n) is 5.89. The fourth-order valence-electron chi connectivity index (χ4n) is 4.25. The molecule has 0 amide bonds. The number of fused-ring (bicyclic) bond motifs is 5. The fraction of sp³-hybridized carbons (Fsp3) is 0.379. The Balaban J connectivity index is 0.000000177. The van der Waals surface area contributed by atoms with Crippen molar-refractivity contribution < 1.29 is 4.42 Å². The van der Waals surface area contributed by atoms with Gasteiger partial charge >= 0.3 is 0 Å². The molecule has 0 bridgehead atoms. The molecule has 30 heavy (non-hydrogen) atoms. The smallest absolute Gasteiger partial charge is 0.0902 e. The molecule has 0 fully saturated rings. The van der Waals surface area contributed by atoms with Crippen LogP contribution < -0.4 is 0 Å². The number of unbranched alkanes of at least 4 members (excludes halogenated alkanes) is 4. The first kappa shape index (κ1) is 22.2. The van der Waals surface area contributed by atoms with E-state index >= 15 is 0 Å². The summed E-state index contributed by atoms with van der Waals surface area (Å²) in [5.74, 6) is 0. The van der Waals surface area contributed by atoms with Crippen LogP contribution in [0.15, 0.2) is 77.6 Å². The van der Waals surface area contributed by atoms with Crippen molar-refractivity contribution >= 4 is 21.5 Å². The van der Waals surface area contributed by atoms with Crippen LogP contribution in [0.25, 0.3) is 21.5 Å². The number of hydrogen-bond donors (Lipinski definition) is 0. The van der Waals surface area contributed by atoms with Crippen molar-refractivity contribution in [3.05, 3.63) is 84.3 Å². The first-order chi connectivity index (χ1) is 14.8. The lowest BCUT2D eigenvalue weighted by atomic mass is 9.86. The Morgan fingerprint density at radius 3 is 2.03 bits per heavy atom. The second kappa shape index (κ2) is 12.2. The second-order valence-corrected chi connectivity index (χ2v) is 8.15. The van der Waals surface area contributed by atoms with E-state index in [1.54, 1.807) is 23.7 Å². The van der Waals surface area contributed by atoms with Crippen LogP contribution in [0.1, 0.15) is 69.9 Å². The van der Waals surface area contributed by atoms with Gasteiger partial charge in [-0.3, -0.25) is 0 Å². The first-order valence-corrected chi connectivity index (χ1v) is 11.7. The molecule has 0 saturated carbocycles. The molecule has 1 nitrogen and oxygen atoms in total. The number of hydrogen-bond acceptors (Lipinski definition) is 1. The second-order valence-electron chi connectivity index (χ2n) is 8.15. The maximum atomic E-state index is 4.58.